The Morgan fingerprint density at radius 1 is 1.58 bits per heavy atom. The highest BCUT2D eigenvalue weighted by Gasteiger charge is 2.54. The molecule has 1 saturated carbocycles. The zero-order chi connectivity index (χ0) is 13.9. The average molecular weight is 264 g/mol. The lowest BCUT2D eigenvalue weighted by Gasteiger charge is -2.53. The van der Waals surface area contributed by atoms with Crippen molar-refractivity contribution in [3.8, 4) is 12.3 Å². The number of hydrogen-bond acceptors (Lipinski definition) is 2. The molecule has 2 N–H and O–H groups in total. The highest BCUT2D eigenvalue weighted by atomic mass is 16.3. The summed E-state index contributed by atoms with van der Waals surface area (Å²) in [5, 5.41) is 9.09. The van der Waals surface area contributed by atoms with Crippen molar-refractivity contribution in [3.05, 3.63) is 0 Å². The fraction of sp³-hybridized carbons (Fsp3) is 0.812. The first-order chi connectivity index (χ1) is 9.14. The minimum atomic E-state index is -0.0656. The topological polar surface area (TPSA) is 44.9 Å². The van der Waals surface area contributed by atoms with Crippen LogP contribution in [0.5, 0.6) is 0 Å². The molecule has 3 unspecified atom stereocenters. The van der Waals surface area contributed by atoms with E-state index in [1.165, 1.54) is 0 Å². The number of aliphatic hydroxyl groups excluding tert-OH is 1. The normalized spacial score (nSPS) is 35.7. The molecule has 0 aromatic rings. The van der Waals surface area contributed by atoms with Gasteiger partial charge in [0.2, 0.25) is 0 Å². The third-order valence-corrected chi connectivity index (χ3v) is 4.86. The zero-order valence-electron chi connectivity index (χ0n) is 11.9. The van der Waals surface area contributed by atoms with Crippen LogP contribution in [0.4, 0.5) is 0 Å². The molecule has 0 aromatic heterocycles. The van der Waals surface area contributed by atoms with Crippen LogP contribution in [0.1, 0.15) is 45.4 Å². The molecule has 1 saturated heterocycles. The van der Waals surface area contributed by atoms with Gasteiger partial charge < -0.3 is 5.11 Å². The quantitative estimate of drug-likeness (QED) is 0.622. The number of carbonyl (C=O) groups excluding carboxylic acids is 1. The monoisotopic (exact) mass is 264 g/mol. The Labute approximate surface area is 116 Å². The summed E-state index contributed by atoms with van der Waals surface area (Å²) < 4.78 is 0. The lowest BCUT2D eigenvalue weighted by Crippen LogP contribution is -2.62. The van der Waals surface area contributed by atoms with Crippen LogP contribution >= 0.6 is 0 Å². The van der Waals surface area contributed by atoms with E-state index in [1.54, 1.807) is 0 Å². The van der Waals surface area contributed by atoms with E-state index in [9.17, 15) is 4.79 Å². The minimum absolute atomic E-state index is 0.0656. The van der Waals surface area contributed by atoms with Crippen LogP contribution in [0.2, 0.25) is 0 Å². The van der Waals surface area contributed by atoms with Gasteiger partial charge in [0.15, 0.2) is 0 Å². The van der Waals surface area contributed by atoms with Gasteiger partial charge >= 0.3 is 0 Å². The van der Waals surface area contributed by atoms with E-state index < -0.39 is 0 Å². The van der Waals surface area contributed by atoms with Gasteiger partial charge in [-0.2, -0.15) is 0 Å². The predicted molar refractivity (Wildman–Crippen MR) is 77.5 cm³/mol. The summed E-state index contributed by atoms with van der Waals surface area (Å²) in [6.45, 7) is 4.34. The molecule has 1 aliphatic heterocycles. The number of piperidine rings is 1. The highest BCUT2D eigenvalue weighted by Crippen LogP contribution is 2.46. The molecule has 1 heterocycles. The SMILES string of the molecule is C#CCC12CC(C)CC(=[OH+])C1CCCN2CCCO. The molecule has 0 spiro atoms. The summed E-state index contributed by atoms with van der Waals surface area (Å²) in [6.07, 6.45) is 11.2. The molecule has 0 radical (unpaired) electrons. The first kappa shape index (κ1) is 14.6. The minimum Gasteiger partial charge on any atom is -0.396 e. The first-order valence-electron chi connectivity index (χ1n) is 7.48. The van der Waals surface area contributed by atoms with Crippen molar-refractivity contribution in [1.82, 2.24) is 4.90 Å². The van der Waals surface area contributed by atoms with Crippen LogP contribution in [0.15, 0.2) is 0 Å². The molecule has 3 atom stereocenters. The van der Waals surface area contributed by atoms with Crippen molar-refractivity contribution in [1.29, 1.82) is 0 Å². The number of nitrogens with zero attached hydrogens (tertiary/aromatic N) is 1. The van der Waals surface area contributed by atoms with Crippen LogP contribution in [-0.2, 0) is 0 Å². The summed E-state index contributed by atoms with van der Waals surface area (Å²) in [5.41, 5.74) is -0.0656. The molecule has 3 nitrogen and oxygen atoms in total. The number of aliphatic hydroxyl groups is 1. The zero-order valence-corrected chi connectivity index (χ0v) is 11.9. The van der Waals surface area contributed by atoms with Crippen molar-refractivity contribution in [2.75, 3.05) is 19.7 Å². The van der Waals surface area contributed by atoms with Gasteiger partial charge in [0, 0.05) is 25.1 Å². The number of hydrogen-bond donors (Lipinski definition) is 1. The Bertz CT molecular complexity index is 373. The molecular weight excluding hydrogens is 238 g/mol. The van der Waals surface area contributed by atoms with Gasteiger partial charge in [-0.25, -0.2) is 0 Å². The van der Waals surface area contributed by atoms with E-state index in [2.05, 4.69) is 17.7 Å². The Balaban J connectivity index is 2.28. The molecular formula is C16H26NO2+. The molecule has 1 aliphatic carbocycles. The van der Waals surface area contributed by atoms with Gasteiger partial charge in [-0.15, -0.1) is 12.3 Å². The van der Waals surface area contributed by atoms with Gasteiger partial charge in [0.1, 0.15) is 0 Å². The van der Waals surface area contributed by atoms with E-state index in [0.717, 1.165) is 45.2 Å². The molecule has 2 fully saturated rings. The standard InChI is InChI=1S/C16H25NO2/c1-3-7-16-12-13(2)11-15(19)14(16)6-4-8-17(16)9-5-10-18/h1,13-14,18H,4-12H2,2H3/p+1. The molecule has 19 heavy (non-hydrogen) atoms. The van der Waals surface area contributed by atoms with Crippen molar-refractivity contribution < 1.29 is 9.90 Å². The van der Waals surface area contributed by atoms with Gasteiger partial charge in [-0.3, -0.25) is 9.69 Å². The Hall–Kier alpha value is -0.850. The van der Waals surface area contributed by atoms with Crippen molar-refractivity contribution in [3.63, 3.8) is 0 Å². The maximum absolute atomic E-state index is 10.4. The van der Waals surface area contributed by atoms with Crippen molar-refractivity contribution in [2.24, 2.45) is 11.8 Å². The first-order valence-corrected chi connectivity index (χ1v) is 7.48. The van der Waals surface area contributed by atoms with Crippen LogP contribution in [0, 0.1) is 24.2 Å². The molecule has 0 amide bonds. The summed E-state index contributed by atoms with van der Waals surface area (Å²) in [6, 6.07) is 0. The fourth-order valence-corrected chi connectivity index (χ4v) is 4.20. The van der Waals surface area contributed by atoms with Crippen LogP contribution in [-0.4, -0.2) is 45.8 Å². The molecule has 0 bridgehead atoms. The van der Waals surface area contributed by atoms with Gasteiger partial charge in [0.05, 0.1) is 12.3 Å². The predicted octanol–water partition coefficient (Wildman–Crippen LogP) is 1.82. The summed E-state index contributed by atoms with van der Waals surface area (Å²) >= 11 is 0. The van der Waals surface area contributed by atoms with Crippen molar-refractivity contribution >= 4 is 5.78 Å². The Morgan fingerprint density at radius 2 is 2.37 bits per heavy atom. The Morgan fingerprint density at radius 3 is 3.05 bits per heavy atom. The molecule has 2 rings (SSSR count). The molecule has 106 valence electrons. The molecule has 3 heteroatoms. The van der Waals surface area contributed by atoms with Gasteiger partial charge in [-0.05, 0) is 38.1 Å². The third-order valence-electron chi connectivity index (χ3n) is 4.86. The van der Waals surface area contributed by atoms with E-state index in [4.69, 9.17) is 11.5 Å². The number of terminal acetylenes is 1. The highest BCUT2D eigenvalue weighted by molar-refractivity contribution is 5.84. The van der Waals surface area contributed by atoms with E-state index >= 15 is 0 Å². The summed E-state index contributed by atoms with van der Waals surface area (Å²) in [7, 11) is 0. The lowest BCUT2D eigenvalue weighted by molar-refractivity contribution is -0.0104. The number of likely N-dealkylation sites (tertiary alicyclic amines) is 1. The summed E-state index contributed by atoms with van der Waals surface area (Å²) in [4.78, 5) is 12.8. The Kier molecular flexibility index (Phi) is 4.65. The second-order valence-corrected chi connectivity index (χ2v) is 6.25. The van der Waals surface area contributed by atoms with Crippen LogP contribution in [0.3, 0.4) is 0 Å². The smallest absolute Gasteiger partial charge is 0.298 e. The largest absolute Gasteiger partial charge is 0.396 e. The van der Waals surface area contributed by atoms with Crippen LogP contribution in [0.25, 0.3) is 0 Å². The van der Waals surface area contributed by atoms with E-state index in [0.29, 0.717) is 18.1 Å². The van der Waals surface area contributed by atoms with Gasteiger partial charge in [-0.1, -0.05) is 6.92 Å². The third kappa shape index (κ3) is 2.70. The van der Waals surface area contributed by atoms with Gasteiger partial charge in [0.25, 0.3) is 5.78 Å². The number of ketones is 1. The lowest BCUT2D eigenvalue weighted by atomic mass is 9.62. The molecule has 2 aliphatic rings. The van der Waals surface area contributed by atoms with E-state index in [1.807, 2.05) is 0 Å². The maximum atomic E-state index is 10.4. The molecule has 0 aromatic carbocycles. The number of fused-ring (bicyclic) bond motifs is 1. The second kappa shape index (κ2) is 6.07. The number of rotatable bonds is 4. The van der Waals surface area contributed by atoms with Crippen LogP contribution < -0.4 is 0 Å². The average Bonchev–Trinajstić information content (AvgIpc) is 2.36. The summed E-state index contributed by atoms with van der Waals surface area (Å²) in [5.74, 6) is 4.22. The van der Waals surface area contributed by atoms with Crippen molar-refractivity contribution in [2.45, 2.75) is 51.0 Å². The fourth-order valence-electron chi connectivity index (χ4n) is 4.20. The maximum Gasteiger partial charge on any atom is 0.298 e. The van der Waals surface area contributed by atoms with E-state index in [-0.39, 0.29) is 18.1 Å². The second-order valence-electron chi connectivity index (χ2n) is 6.25.